The first-order valence-corrected chi connectivity index (χ1v) is 8.03. The first kappa shape index (κ1) is 17.7. The van der Waals surface area contributed by atoms with E-state index in [1.54, 1.807) is 7.11 Å². The van der Waals surface area contributed by atoms with Crippen molar-refractivity contribution < 1.29 is 4.74 Å². The van der Waals surface area contributed by atoms with Crippen LogP contribution in [0.4, 0.5) is 11.6 Å². The quantitative estimate of drug-likeness (QED) is 0.718. The summed E-state index contributed by atoms with van der Waals surface area (Å²) in [5, 5.41) is 3.37. The number of methoxy groups -OCH3 is 1. The first-order valence-electron chi connectivity index (χ1n) is 8.03. The molecule has 1 aromatic rings. The molecule has 5 heteroatoms. The Kier molecular flexibility index (Phi) is 8.05. The minimum atomic E-state index is 0.429. The Morgan fingerprint density at radius 3 is 2.62 bits per heavy atom. The molecule has 1 rings (SSSR count). The van der Waals surface area contributed by atoms with Gasteiger partial charge in [0.05, 0.1) is 6.61 Å². The van der Waals surface area contributed by atoms with E-state index >= 15 is 0 Å². The summed E-state index contributed by atoms with van der Waals surface area (Å²) >= 11 is 0. The third-order valence-corrected chi connectivity index (χ3v) is 3.58. The highest BCUT2D eigenvalue weighted by Crippen LogP contribution is 2.20. The van der Waals surface area contributed by atoms with Crippen molar-refractivity contribution in [2.45, 2.75) is 53.0 Å². The van der Waals surface area contributed by atoms with Crippen molar-refractivity contribution in [1.82, 2.24) is 9.97 Å². The molecule has 1 heterocycles. The van der Waals surface area contributed by atoms with Crippen molar-refractivity contribution in [3.63, 3.8) is 0 Å². The lowest BCUT2D eigenvalue weighted by Crippen LogP contribution is -2.36. The summed E-state index contributed by atoms with van der Waals surface area (Å²) in [5.74, 6) is 2.80. The van der Waals surface area contributed by atoms with E-state index in [1.165, 1.54) is 0 Å². The van der Waals surface area contributed by atoms with Crippen molar-refractivity contribution in [3.05, 3.63) is 11.9 Å². The molecule has 0 bridgehead atoms. The van der Waals surface area contributed by atoms with Crippen LogP contribution in [0.1, 0.15) is 46.4 Å². The van der Waals surface area contributed by atoms with Gasteiger partial charge >= 0.3 is 0 Å². The maximum Gasteiger partial charge on any atom is 0.134 e. The molecule has 0 aliphatic heterocycles. The van der Waals surface area contributed by atoms with Gasteiger partial charge < -0.3 is 15.0 Å². The number of nitrogens with zero attached hydrogens (tertiary/aromatic N) is 3. The zero-order valence-electron chi connectivity index (χ0n) is 14.1. The topological polar surface area (TPSA) is 50.3 Å². The number of hydrogen-bond donors (Lipinski definition) is 1. The summed E-state index contributed by atoms with van der Waals surface area (Å²) in [6.07, 6.45) is 3.00. The van der Waals surface area contributed by atoms with Gasteiger partial charge in [0.1, 0.15) is 17.5 Å². The predicted octanol–water partition coefficient (Wildman–Crippen LogP) is 3.11. The fourth-order valence-electron chi connectivity index (χ4n) is 2.10. The predicted molar refractivity (Wildman–Crippen MR) is 89.2 cm³/mol. The second-order valence-electron chi connectivity index (χ2n) is 5.25. The highest BCUT2D eigenvalue weighted by atomic mass is 16.5. The molecule has 1 aromatic heterocycles. The van der Waals surface area contributed by atoms with Crippen LogP contribution in [0, 0.1) is 0 Å². The van der Waals surface area contributed by atoms with Crippen LogP contribution in [0.5, 0.6) is 0 Å². The molecule has 120 valence electrons. The number of hydrogen-bond acceptors (Lipinski definition) is 5. The van der Waals surface area contributed by atoms with E-state index in [2.05, 4.69) is 49.0 Å². The fourth-order valence-corrected chi connectivity index (χ4v) is 2.10. The van der Waals surface area contributed by atoms with Crippen molar-refractivity contribution >= 4 is 11.6 Å². The second kappa shape index (κ2) is 9.55. The molecule has 5 nitrogen and oxygen atoms in total. The number of nitrogens with one attached hydrogen (secondary N) is 1. The third kappa shape index (κ3) is 5.50. The molecule has 0 amide bonds. The lowest BCUT2D eigenvalue weighted by atomic mass is 10.2. The lowest BCUT2D eigenvalue weighted by Gasteiger charge is -2.30. The molecule has 0 aliphatic carbocycles. The summed E-state index contributed by atoms with van der Waals surface area (Å²) < 4.78 is 5.24. The van der Waals surface area contributed by atoms with Gasteiger partial charge in [0.15, 0.2) is 0 Å². The summed E-state index contributed by atoms with van der Waals surface area (Å²) in [7, 11) is 1.74. The average Bonchev–Trinajstić information content (AvgIpc) is 2.52. The summed E-state index contributed by atoms with van der Waals surface area (Å²) in [6.45, 7) is 11.1. The SMILES string of the molecule is CCCNc1cc(N(CCOC)C(C)CC)nc(CC)n1. The van der Waals surface area contributed by atoms with Gasteiger partial charge in [0, 0.05) is 38.7 Å². The molecule has 0 saturated carbocycles. The molecular weight excluding hydrogens is 264 g/mol. The van der Waals surface area contributed by atoms with Crippen molar-refractivity contribution in [2.75, 3.05) is 37.0 Å². The molecule has 0 aliphatic rings. The number of rotatable bonds is 10. The van der Waals surface area contributed by atoms with Crippen LogP contribution < -0.4 is 10.2 Å². The van der Waals surface area contributed by atoms with Crippen molar-refractivity contribution in [3.8, 4) is 0 Å². The van der Waals surface area contributed by atoms with Gasteiger partial charge in [-0.05, 0) is 19.8 Å². The van der Waals surface area contributed by atoms with Crippen LogP contribution in [0.3, 0.4) is 0 Å². The van der Waals surface area contributed by atoms with Crippen LogP contribution in [0.15, 0.2) is 6.07 Å². The summed E-state index contributed by atoms with van der Waals surface area (Å²) in [6, 6.07) is 2.48. The highest BCUT2D eigenvalue weighted by Gasteiger charge is 2.16. The van der Waals surface area contributed by atoms with E-state index in [0.29, 0.717) is 12.6 Å². The Bertz CT molecular complexity index is 411. The zero-order valence-corrected chi connectivity index (χ0v) is 14.1. The number of anilines is 2. The molecular formula is C16H30N4O. The van der Waals surface area contributed by atoms with Gasteiger partial charge in [-0.3, -0.25) is 0 Å². The normalized spacial score (nSPS) is 12.2. The van der Waals surface area contributed by atoms with Crippen LogP contribution in [-0.2, 0) is 11.2 Å². The van der Waals surface area contributed by atoms with Gasteiger partial charge in [-0.1, -0.05) is 20.8 Å². The Balaban J connectivity index is 3.03. The van der Waals surface area contributed by atoms with Crippen molar-refractivity contribution in [2.24, 2.45) is 0 Å². The van der Waals surface area contributed by atoms with Gasteiger partial charge in [-0.25, -0.2) is 9.97 Å². The van der Waals surface area contributed by atoms with Crippen LogP contribution in [-0.4, -0.2) is 42.8 Å². The second-order valence-corrected chi connectivity index (χ2v) is 5.25. The lowest BCUT2D eigenvalue weighted by molar-refractivity contribution is 0.203. The van der Waals surface area contributed by atoms with E-state index in [-0.39, 0.29) is 0 Å². The molecule has 0 fully saturated rings. The molecule has 1 unspecified atom stereocenters. The van der Waals surface area contributed by atoms with E-state index in [4.69, 9.17) is 9.72 Å². The molecule has 1 N–H and O–H groups in total. The zero-order chi connectivity index (χ0) is 15.7. The minimum Gasteiger partial charge on any atom is -0.383 e. The van der Waals surface area contributed by atoms with Crippen LogP contribution in [0.25, 0.3) is 0 Å². The average molecular weight is 294 g/mol. The third-order valence-electron chi connectivity index (χ3n) is 3.58. The van der Waals surface area contributed by atoms with Crippen molar-refractivity contribution in [1.29, 1.82) is 0 Å². The van der Waals surface area contributed by atoms with E-state index in [9.17, 15) is 0 Å². The van der Waals surface area contributed by atoms with Crippen LogP contribution >= 0.6 is 0 Å². The van der Waals surface area contributed by atoms with Gasteiger partial charge in [0.2, 0.25) is 0 Å². The maximum atomic E-state index is 5.24. The Morgan fingerprint density at radius 2 is 2.05 bits per heavy atom. The molecule has 0 saturated heterocycles. The Labute approximate surface area is 129 Å². The smallest absolute Gasteiger partial charge is 0.134 e. The largest absolute Gasteiger partial charge is 0.383 e. The van der Waals surface area contributed by atoms with Gasteiger partial charge in [0.25, 0.3) is 0 Å². The fraction of sp³-hybridized carbons (Fsp3) is 0.750. The molecule has 0 radical (unpaired) electrons. The van der Waals surface area contributed by atoms with Gasteiger partial charge in [-0.15, -0.1) is 0 Å². The number of aromatic nitrogens is 2. The van der Waals surface area contributed by atoms with Crippen LogP contribution in [0.2, 0.25) is 0 Å². The highest BCUT2D eigenvalue weighted by molar-refractivity contribution is 5.50. The maximum absolute atomic E-state index is 5.24. The van der Waals surface area contributed by atoms with E-state index < -0.39 is 0 Å². The minimum absolute atomic E-state index is 0.429. The molecule has 1 atom stereocenters. The number of aryl methyl sites for hydroxylation is 1. The number of ether oxygens (including phenoxy) is 1. The van der Waals surface area contributed by atoms with E-state index in [1.807, 2.05) is 0 Å². The molecule has 0 aromatic carbocycles. The summed E-state index contributed by atoms with van der Waals surface area (Å²) in [4.78, 5) is 11.6. The Hall–Kier alpha value is -1.36. The van der Waals surface area contributed by atoms with Gasteiger partial charge in [-0.2, -0.15) is 0 Å². The Morgan fingerprint density at radius 1 is 1.29 bits per heavy atom. The first-order chi connectivity index (χ1) is 10.2. The van der Waals surface area contributed by atoms with E-state index in [0.717, 1.165) is 49.8 Å². The molecule has 21 heavy (non-hydrogen) atoms. The molecule has 0 spiro atoms. The summed E-state index contributed by atoms with van der Waals surface area (Å²) in [5.41, 5.74) is 0. The standard InChI is InChI=1S/C16H30N4O/c1-6-9-17-15-12-16(19-14(8-3)18-15)20(10-11-21-5)13(4)7-2/h12-13H,6-11H2,1-5H3,(H,17,18,19). The monoisotopic (exact) mass is 294 g/mol.